The van der Waals surface area contributed by atoms with Crippen LogP contribution in [0.2, 0.25) is 0 Å². The summed E-state index contributed by atoms with van der Waals surface area (Å²) in [4.78, 5) is 62.0. The maximum absolute atomic E-state index is 13.8. The molecule has 0 N–H and O–H groups in total. The van der Waals surface area contributed by atoms with Crippen molar-refractivity contribution >= 4 is 29.8 Å². The fourth-order valence-corrected chi connectivity index (χ4v) is 7.53. The summed E-state index contributed by atoms with van der Waals surface area (Å²) in [6, 6.07) is 0. The van der Waals surface area contributed by atoms with Crippen LogP contribution in [0.4, 0.5) is 0 Å². The first-order chi connectivity index (χ1) is 17.4. The van der Waals surface area contributed by atoms with Gasteiger partial charge in [-0.2, -0.15) is 0 Å². The second-order valence-electron chi connectivity index (χ2n) is 10.9. The van der Waals surface area contributed by atoms with Crippen molar-refractivity contribution in [2.24, 2.45) is 22.7 Å². The molecule has 4 fully saturated rings. The molecule has 11 nitrogen and oxygen atoms in total. The molecule has 2 spiro atoms. The van der Waals surface area contributed by atoms with Crippen LogP contribution in [0.3, 0.4) is 0 Å². The van der Waals surface area contributed by atoms with Gasteiger partial charge in [0.25, 0.3) is 6.29 Å². The van der Waals surface area contributed by atoms with Gasteiger partial charge in [-0.1, -0.05) is 13.3 Å². The van der Waals surface area contributed by atoms with Gasteiger partial charge in [0, 0.05) is 33.3 Å². The summed E-state index contributed by atoms with van der Waals surface area (Å²) >= 11 is 0. The van der Waals surface area contributed by atoms with Gasteiger partial charge >= 0.3 is 29.8 Å². The number of carbonyl (C=O) groups is 5. The molecular weight excluding hydrogens is 488 g/mol. The Morgan fingerprint density at radius 3 is 2.38 bits per heavy atom. The lowest BCUT2D eigenvalue weighted by Gasteiger charge is -2.61. The van der Waals surface area contributed by atoms with Gasteiger partial charge in [-0.25, -0.2) is 4.79 Å². The molecule has 5 rings (SSSR count). The quantitative estimate of drug-likeness (QED) is 0.297. The van der Waals surface area contributed by atoms with E-state index in [-0.39, 0.29) is 24.5 Å². The molecule has 0 amide bonds. The Hall–Kier alpha value is -2.95. The van der Waals surface area contributed by atoms with Crippen LogP contribution in [-0.2, 0) is 52.4 Å². The Bertz CT molecular complexity index is 1070. The van der Waals surface area contributed by atoms with E-state index in [0.29, 0.717) is 25.9 Å². The van der Waals surface area contributed by atoms with Gasteiger partial charge in [-0.05, 0) is 31.1 Å². The van der Waals surface area contributed by atoms with Crippen molar-refractivity contribution in [3.8, 4) is 0 Å². The molecule has 8 atom stereocenters. The summed E-state index contributed by atoms with van der Waals surface area (Å²) in [5.41, 5.74) is -2.55. The van der Waals surface area contributed by atoms with Crippen LogP contribution in [0.25, 0.3) is 0 Å². The van der Waals surface area contributed by atoms with E-state index < -0.39 is 70.7 Å². The third-order valence-electron chi connectivity index (χ3n) is 9.06. The molecule has 3 heterocycles. The van der Waals surface area contributed by atoms with Crippen molar-refractivity contribution < 1.29 is 52.4 Å². The molecule has 5 aliphatic rings. The first kappa shape index (κ1) is 25.7. The van der Waals surface area contributed by atoms with Crippen molar-refractivity contribution in [3.63, 3.8) is 0 Å². The van der Waals surface area contributed by atoms with Crippen LogP contribution < -0.4 is 0 Å². The normalized spacial score (nSPS) is 41.9. The lowest BCUT2D eigenvalue weighted by atomic mass is 9.42. The summed E-state index contributed by atoms with van der Waals surface area (Å²) < 4.78 is 33.5. The van der Waals surface area contributed by atoms with Crippen molar-refractivity contribution in [1.29, 1.82) is 0 Å². The second-order valence-corrected chi connectivity index (χ2v) is 10.9. The zero-order chi connectivity index (χ0) is 26.8. The number of carbonyl (C=O) groups excluding carboxylic acids is 5. The van der Waals surface area contributed by atoms with Crippen molar-refractivity contribution in [2.45, 2.75) is 83.9 Å². The first-order valence-corrected chi connectivity index (χ1v) is 12.7. The first-order valence-electron chi connectivity index (χ1n) is 12.7. The molecule has 11 heteroatoms. The van der Waals surface area contributed by atoms with E-state index in [2.05, 4.69) is 0 Å². The summed E-state index contributed by atoms with van der Waals surface area (Å²) in [5, 5.41) is 0. The van der Waals surface area contributed by atoms with Crippen molar-refractivity contribution in [2.75, 3.05) is 13.2 Å². The van der Waals surface area contributed by atoms with Crippen LogP contribution in [0.15, 0.2) is 11.6 Å². The third-order valence-corrected chi connectivity index (χ3v) is 9.06. The maximum Gasteiger partial charge on any atom is 0.341 e. The number of hydrogen-bond acceptors (Lipinski definition) is 11. The second kappa shape index (κ2) is 8.82. The molecule has 2 saturated carbocycles. The zero-order valence-electron chi connectivity index (χ0n) is 21.4. The minimum absolute atomic E-state index is 0.0589. The van der Waals surface area contributed by atoms with Gasteiger partial charge in [0.1, 0.15) is 24.4 Å². The minimum atomic E-state index is -1.17. The van der Waals surface area contributed by atoms with E-state index in [1.165, 1.54) is 26.8 Å². The Labute approximate surface area is 214 Å². The number of epoxide rings is 1. The molecule has 0 aromatic heterocycles. The van der Waals surface area contributed by atoms with Crippen LogP contribution in [0.1, 0.15) is 59.8 Å². The number of cyclic esters (lactones) is 2. The molecule has 0 radical (unpaired) electrons. The molecule has 2 aliphatic carbocycles. The smallest absolute Gasteiger partial charge is 0.341 e. The van der Waals surface area contributed by atoms with Crippen LogP contribution >= 0.6 is 0 Å². The zero-order valence-corrected chi connectivity index (χ0v) is 21.4. The number of hydrogen-bond donors (Lipinski definition) is 0. The van der Waals surface area contributed by atoms with Gasteiger partial charge in [0.15, 0.2) is 0 Å². The summed E-state index contributed by atoms with van der Waals surface area (Å²) in [6.07, 6.45) is 1.27. The number of fused-ring (bicyclic) bond motifs is 3. The van der Waals surface area contributed by atoms with Crippen LogP contribution in [0.5, 0.6) is 0 Å². The molecule has 202 valence electrons. The third kappa shape index (κ3) is 3.84. The van der Waals surface area contributed by atoms with E-state index in [4.69, 9.17) is 28.4 Å². The maximum atomic E-state index is 13.8. The van der Waals surface area contributed by atoms with Crippen LogP contribution in [-0.4, -0.2) is 67.2 Å². The Balaban J connectivity index is 1.56. The SMILES string of the molecule is CC(=O)OC[C@@]12[C@@H](OC(C)=O)C[C@@H](C)[C@]3(C[C@H](C4=CC(OC(C)=O)OC4=O)OC3=O)[C@H]1CCC[C@]21CO1. The summed E-state index contributed by atoms with van der Waals surface area (Å²) in [7, 11) is 0. The molecule has 0 bridgehead atoms. The van der Waals surface area contributed by atoms with E-state index >= 15 is 0 Å². The average Bonchev–Trinajstić information content (AvgIpc) is 3.36. The van der Waals surface area contributed by atoms with Gasteiger partial charge < -0.3 is 28.4 Å². The van der Waals surface area contributed by atoms with E-state index in [1.54, 1.807) is 0 Å². The largest absolute Gasteiger partial charge is 0.465 e. The standard InChI is InChI=1S/C26H32O11/c1-13-8-20(34-15(3)28)26(12-32-14(2)27)19(6-5-7-24(26)11-33-24)25(13)10-18(36-23(25)31)17-9-21(35-16(4)29)37-22(17)30/h9,13,18-21H,5-8,10-12H2,1-4H3/t13-,18-,19-,20+,21?,24+,25-,26+/m1/s1. The van der Waals surface area contributed by atoms with Gasteiger partial charge in [0.05, 0.1) is 23.0 Å². The van der Waals surface area contributed by atoms with Crippen molar-refractivity contribution in [1.82, 2.24) is 0 Å². The molecule has 0 aromatic carbocycles. The number of rotatable bonds is 5. The Morgan fingerprint density at radius 2 is 1.76 bits per heavy atom. The highest BCUT2D eigenvalue weighted by Crippen LogP contribution is 2.70. The highest BCUT2D eigenvalue weighted by atomic mass is 16.7. The Morgan fingerprint density at radius 1 is 1.05 bits per heavy atom. The van der Waals surface area contributed by atoms with Crippen LogP contribution in [0, 0.1) is 22.7 Å². The molecule has 37 heavy (non-hydrogen) atoms. The van der Waals surface area contributed by atoms with Gasteiger partial charge in [-0.3, -0.25) is 19.2 Å². The lowest BCUT2D eigenvalue weighted by Crippen LogP contribution is -2.68. The fraction of sp³-hybridized carbons (Fsp3) is 0.731. The monoisotopic (exact) mass is 520 g/mol. The summed E-state index contributed by atoms with van der Waals surface area (Å²) in [6.45, 7) is 6.13. The summed E-state index contributed by atoms with van der Waals surface area (Å²) in [5.74, 6) is -3.39. The van der Waals surface area contributed by atoms with Gasteiger partial charge in [-0.15, -0.1) is 0 Å². The molecule has 1 unspecified atom stereocenters. The van der Waals surface area contributed by atoms with E-state index in [0.717, 1.165) is 6.42 Å². The topological polar surface area (TPSA) is 144 Å². The highest BCUT2D eigenvalue weighted by Gasteiger charge is 2.78. The number of esters is 5. The van der Waals surface area contributed by atoms with Crippen molar-refractivity contribution in [3.05, 3.63) is 11.6 Å². The predicted molar refractivity (Wildman–Crippen MR) is 121 cm³/mol. The van der Waals surface area contributed by atoms with E-state index in [1.807, 2.05) is 6.92 Å². The lowest BCUT2D eigenvalue weighted by molar-refractivity contribution is -0.228. The molecule has 3 aliphatic heterocycles. The average molecular weight is 521 g/mol. The molecule has 0 aromatic rings. The predicted octanol–water partition coefficient (Wildman–Crippen LogP) is 1.75. The highest BCUT2D eigenvalue weighted by molar-refractivity contribution is 5.94. The minimum Gasteiger partial charge on any atom is -0.465 e. The fourth-order valence-electron chi connectivity index (χ4n) is 7.53. The number of ether oxygens (including phenoxy) is 6. The molecule has 2 saturated heterocycles. The molecular formula is C26H32O11. The van der Waals surface area contributed by atoms with Gasteiger partial charge in [0.2, 0.25) is 0 Å². The Kier molecular flexibility index (Phi) is 6.12. The van der Waals surface area contributed by atoms with E-state index in [9.17, 15) is 24.0 Å².